The van der Waals surface area contributed by atoms with Gasteiger partial charge in [0, 0.05) is 14.5 Å². The summed E-state index contributed by atoms with van der Waals surface area (Å²) in [7, 11) is 3.06. The Balaban J connectivity index is 1.67. The highest BCUT2D eigenvalue weighted by Crippen LogP contribution is 2.41. The molecule has 5 rings (SSSR count). The lowest BCUT2D eigenvalue weighted by molar-refractivity contribution is -0.139. The third kappa shape index (κ3) is 6.80. The maximum atomic E-state index is 14.3. The Morgan fingerprint density at radius 3 is 2.48 bits per heavy atom. The van der Waals surface area contributed by atoms with E-state index in [9.17, 15) is 9.59 Å². The van der Waals surface area contributed by atoms with Crippen molar-refractivity contribution in [1.82, 2.24) is 4.57 Å². The molecule has 4 aromatic rings. The topological polar surface area (TPSA) is 112 Å². The van der Waals surface area contributed by atoms with Crippen molar-refractivity contribution in [3.05, 3.63) is 114 Å². The molecule has 3 aromatic carbocycles. The second kappa shape index (κ2) is 14.5. The van der Waals surface area contributed by atoms with Crippen molar-refractivity contribution >= 4 is 77.8 Å². The standard InChI is InChI=1S/C33H26Br2IN3O6S/c1-5-44-32(41)28-17(2)38-33-39(29(28)22-13-25(42-3)26(43-4)14-23(22)35)31(40)27(46-33)11-20-10-21(34)12-24(36)30(20)45-16-19-8-6-18(15-37)7-9-19/h6-14,29H,5,16H2,1-4H3/b27-11-/t29-/m0/s1. The number of halogens is 3. The maximum absolute atomic E-state index is 14.3. The predicted octanol–water partition coefficient (Wildman–Crippen LogP) is 6.40. The Bertz CT molecular complexity index is 2100. The number of ether oxygens (including phenoxy) is 4. The summed E-state index contributed by atoms with van der Waals surface area (Å²) in [6.45, 7) is 3.88. The number of benzene rings is 3. The highest BCUT2D eigenvalue weighted by Gasteiger charge is 2.35. The molecule has 46 heavy (non-hydrogen) atoms. The van der Waals surface area contributed by atoms with E-state index in [0.717, 1.165) is 13.6 Å². The third-order valence-corrected chi connectivity index (χ3v) is 10.0. The van der Waals surface area contributed by atoms with Crippen LogP contribution in [0.25, 0.3) is 6.08 Å². The van der Waals surface area contributed by atoms with Crippen LogP contribution in [0.4, 0.5) is 0 Å². The number of allylic oxidation sites excluding steroid dienone is 1. The highest BCUT2D eigenvalue weighted by molar-refractivity contribution is 14.1. The minimum absolute atomic E-state index is 0.159. The van der Waals surface area contributed by atoms with Gasteiger partial charge in [-0.15, -0.1) is 0 Å². The largest absolute Gasteiger partial charge is 0.493 e. The van der Waals surface area contributed by atoms with Gasteiger partial charge in [0.15, 0.2) is 16.3 Å². The van der Waals surface area contributed by atoms with Gasteiger partial charge in [0.2, 0.25) is 0 Å². The average Bonchev–Trinajstić information content (AvgIpc) is 3.33. The van der Waals surface area contributed by atoms with Gasteiger partial charge in [-0.3, -0.25) is 9.36 Å². The van der Waals surface area contributed by atoms with E-state index in [4.69, 9.17) is 24.2 Å². The van der Waals surface area contributed by atoms with Crippen molar-refractivity contribution in [3.8, 4) is 23.3 Å². The quantitative estimate of drug-likeness (QED) is 0.142. The molecule has 9 nitrogen and oxygen atoms in total. The van der Waals surface area contributed by atoms with Crippen LogP contribution < -0.4 is 29.1 Å². The minimum atomic E-state index is -0.860. The fraction of sp³-hybridized carbons (Fsp3) is 0.212. The van der Waals surface area contributed by atoms with E-state index in [2.05, 4.69) is 65.5 Å². The molecular formula is C33H26Br2IN3O6S. The first-order valence-electron chi connectivity index (χ1n) is 13.8. The van der Waals surface area contributed by atoms with Gasteiger partial charge in [0.1, 0.15) is 12.4 Å². The molecule has 0 N–H and O–H groups in total. The van der Waals surface area contributed by atoms with Gasteiger partial charge in [-0.2, -0.15) is 5.26 Å². The lowest BCUT2D eigenvalue weighted by Crippen LogP contribution is -2.40. The molecule has 0 bridgehead atoms. The van der Waals surface area contributed by atoms with Crippen LogP contribution in [0.15, 0.2) is 78.5 Å². The molecule has 1 atom stereocenters. The van der Waals surface area contributed by atoms with Gasteiger partial charge in [-0.25, -0.2) is 9.79 Å². The molecule has 0 aliphatic carbocycles. The molecule has 236 valence electrons. The van der Waals surface area contributed by atoms with Crippen LogP contribution in [-0.4, -0.2) is 31.4 Å². The second-order valence-corrected chi connectivity index (χ2v) is 13.9. The van der Waals surface area contributed by atoms with Crippen LogP contribution in [0.5, 0.6) is 17.2 Å². The zero-order valence-corrected chi connectivity index (χ0v) is 31.2. The number of methoxy groups -OCH3 is 2. The molecule has 0 radical (unpaired) electrons. The van der Waals surface area contributed by atoms with Crippen molar-refractivity contribution in [3.63, 3.8) is 0 Å². The van der Waals surface area contributed by atoms with E-state index < -0.39 is 12.0 Å². The molecule has 0 unspecified atom stereocenters. The molecule has 0 spiro atoms. The Morgan fingerprint density at radius 1 is 1.13 bits per heavy atom. The number of nitriles is 1. The van der Waals surface area contributed by atoms with Crippen LogP contribution in [0.2, 0.25) is 0 Å². The van der Waals surface area contributed by atoms with Gasteiger partial charge < -0.3 is 18.9 Å². The van der Waals surface area contributed by atoms with E-state index in [1.54, 1.807) is 44.2 Å². The number of hydrogen-bond donors (Lipinski definition) is 0. The Kier molecular flexibility index (Phi) is 10.7. The summed E-state index contributed by atoms with van der Waals surface area (Å²) in [5.74, 6) is 0.960. The predicted molar refractivity (Wildman–Crippen MR) is 190 cm³/mol. The van der Waals surface area contributed by atoms with E-state index in [1.807, 2.05) is 24.3 Å². The normalized spacial score (nSPS) is 14.3. The summed E-state index contributed by atoms with van der Waals surface area (Å²) in [4.78, 5) is 32.8. The summed E-state index contributed by atoms with van der Waals surface area (Å²) in [5, 5.41) is 9.12. The molecule has 1 aromatic heterocycles. The number of fused-ring (bicyclic) bond motifs is 1. The number of nitrogens with zero attached hydrogens (tertiary/aromatic N) is 3. The number of aromatic nitrogens is 1. The zero-order chi connectivity index (χ0) is 33.1. The molecule has 0 fully saturated rings. The summed E-state index contributed by atoms with van der Waals surface area (Å²) in [6, 6.07) is 15.7. The summed E-state index contributed by atoms with van der Waals surface area (Å²) < 4.78 is 26.9. The summed E-state index contributed by atoms with van der Waals surface area (Å²) in [6.07, 6.45) is 1.77. The number of esters is 1. The number of rotatable bonds is 9. The highest BCUT2D eigenvalue weighted by atomic mass is 127. The number of carbonyl (C=O) groups is 1. The van der Waals surface area contributed by atoms with E-state index >= 15 is 0 Å². The first-order chi connectivity index (χ1) is 22.1. The fourth-order valence-electron chi connectivity index (χ4n) is 4.98. The number of carbonyl (C=O) groups excluding carboxylic acids is 1. The van der Waals surface area contributed by atoms with Crippen LogP contribution in [0.1, 0.15) is 42.1 Å². The number of hydrogen-bond acceptors (Lipinski definition) is 9. The third-order valence-electron chi connectivity index (χ3n) is 7.10. The molecule has 13 heteroatoms. The first kappa shape index (κ1) is 33.9. The van der Waals surface area contributed by atoms with Crippen LogP contribution in [0.3, 0.4) is 0 Å². The van der Waals surface area contributed by atoms with Gasteiger partial charge >= 0.3 is 5.97 Å². The van der Waals surface area contributed by atoms with Crippen molar-refractivity contribution in [2.24, 2.45) is 4.99 Å². The molecule has 0 amide bonds. The van der Waals surface area contributed by atoms with Gasteiger partial charge in [0.25, 0.3) is 5.56 Å². The molecular weight excluding hydrogens is 853 g/mol. The first-order valence-corrected chi connectivity index (χ1v) is 17.3. The van der Waals surface area contributed by atoms with Gasteiger partial charge in [-0.1, -0.05) is 55.3 Å². The van der Waals surface area contributed by atoms with Crippen LogP contribution in [-0.2, 0) is 16.1 Å². The average molecular weight is 879 g/mol. The fourth-order valence-corrected chi connectivity index (χ4v) is 8.26. The monoisotopic (exact) mass is 877 g/mol. The molecule has 0 saturated carbocycles. The SMILES string of the molecule is CCOC(=O)C1=C(C)N=c2s/c(=C\c3cc(Br)cc(I)c3OCc3ccc(C#N)cc3)c(=O)n2[C@H]1c1cc(OC)c(OC)cc1Br. The van der Waals surface area contributed by atoms with Crippen LogP contribution in [0, 0.1) is 14.9 Å². The second-order valence-electron chi connectivity index (χ2n) is 9.93. The van der Waals surface area contributed by atoms with E-state index in [-0.39, 0.29) is 24.3 Å². The number of thiazole rings is 1. The Labute approximate surface area is 299 Å². The zero-order valence-electron chi connectivity index (χ0n) is 25.0. The van der Waals surface area contributed by atoms with Crippen molar-refractivity contribution in [2.75, 3.05) is 20.8 Å². The smallest absolute Gasteiger partial charge is 0.338 e. The van der Waals surface area contributed by atoms with Crippen molar-refractivity contribution in [1.29, 1.82) is 5.26 Å². The van der Waals surface area contributed by atoms with Crippen molar-refractivity contribution in [2.45, 2.75) is 26.5 Å². The van der Waals surface area contributed by atoms with Gasteiger partial charge in [-0.05, 0) is 90.0 Å². The molecule has 1 aliphatic heterocycles. The summed E-state index contributed by atoms with van der Waals surface area (Å²) in [5.41, 5.74) is 3.11. The Hall–Kier alpha value is -3.45. The lowest BCUT2D eigenvalue weighted by atomic mass is 9.95. The van der Waals surface area contributed by atoms with E-state index in [1.165, 1.54) is 30.1 Å². The lowest BCUT2D eigenvalue weighted by Gasteiger charge is -2.26. The van der Waals surface area contributed by atoms with E-state index in [0.29, 0.717) is 53.4 Å². The molecule has 2 heterocycles. The van der Waals surface area contributed by atoms with Crippen molar-refractivity contribution < 1.29 is 23.7 Å². The van der Waals surface area contributed by atoms with Gasteiger partial charge in [0.05, 0.1) is 57.9 Å². The summed E-state index contributed by atoms with van der Waals surface area (Å²) >= 11 is 10.6. The maximum Gasteiger partial charge on any atom is 0.338 e. The Morgan fingerprint density at radius 2 is 1.83 bits per heavy atom. The van der Waals surface area contributed by atoms with Crippen LogP contribution >= 0.6 is 65.8 Å². The minimum Gasteiger partial charge on any atom is -0.493 e. The molecule has 0 saturated heterocycles. The molecule has 1 aliphatic rings.